The van der Waals surface area contributed by atoms with Crippen LogP contribution >= 0.6 is 0 Å². The summed E-state index contributed by atoms with van der Waals surface area (Å²) in [5, 5.41) is 2.86. The van der Waals surface area contributed by atoms with Crippen LogP contribution in [0.1, 0.15) is 47.4 Å². The third-order valence-corrected chi connectivity index (χ3v) is 2.81. The van der Waals surface area contributed by atoms with Gasteiger partial charge >= 0.3 is 5.97 Å². The summed E-state index contributed by atoms with van der Waals surface area (Å²) in [6, 6.07) is 6.44. The zero-order valence-electron chi connectivity index (χ0n) is 11.7. The standard InChI is InChI=1S/C15H21NO3/c1-11(2)5-4-10-16-14(17)12-6-8-13(9-7-12)15(18)19-3/h6-9,11H,4-5,10H2,1-3H3,(H,16,17). The van der Waals surface area contributed by atoms with Crippen molar-refractivity contribution < 1.29 is 14.3 Å². The van der Waals surface area contributed by atoms with E-state index in [0.29, 0.717) is 23.6 Å². The largest absolute Gasteiger partial charge is 0.465 e. The lowest BCUT2D eigenvalue weighted by Crippen LogP contribution is -2.24. The van der Waals surface area contributed by atoms with Crippen LogP contribution in [0.3, 0.4) is 0 Å². The molecular weight excluding hydrogens is 242 g/mol. The van der Waals surface area contributed by atoms with E-state index in [1.165, 1.54) is 7.11 Å². The van der Waals surface area contributed by atoms with E-state index in [1.54, 1.807) is 24.3 Å². The van der Waals surface area contributed by atoms with Crippen LogP contribution in [0.25, 0.3) is 0 Å². The molecule has 0 aliphatic rings. The summed E-state index contributed by atoms with van der Waals surface area (Å²) >= 11 is 0. The van der Waals surface area contributed by atoms with Gasteiger partial charge in [-0.3, -0.25) is 4.79 Å². The van der Waals surface area contributed by atoms with Crippen LogP contribution in [-0.4, -0.2) is 25.5 Å². The van der Waals surface area contributed by atoms with Gasteiger partial charge in [0.1, 0.15) is 0 Å². The molecule has 0 unspecified atom stereocenters. The van der Waals surface area contributed by atoms with Crippen LogP contribution in [0, 0.1) is 5.92 Å². The Morgan fingerprint density at radius 2 is 1.74 bits per heavy atom. The number of nitrogens with one attached hydrogen (secondary N) is 1. The van der Waals surface area contributed by atoms with Crippen molar-refractivity contribution in [3.8, 4) is 0 Å². The number of hydrogen-bond donors (Lipinski definition) is 1. The van der Waals surface area contributed by atoms with Crippen molar-refractivity contribution in [3.63, 3.8) is 0 Å². The van der Waals surface area contributed by atoms with Crippen molar-refractivity contribution in [1.29, 1.82) is 0 Å². The molecule has 0 aromatic heterocycles. The molecule has 1 aromatic carbocycles. The molecule has 0 saturated carbocycles. The minimum Gasteiger partial charge on any atom is -0.465 e. The monoisotopic (exact) mass is 263 g/mol. The normalized spacial score (nSPS) is 10.3. The van der Waals surface area contributed by atoms with E-state index in [9.17, 15) is 9.59 Å². The second-order valence-corrected chi connectivity index (χ2v) is 4.86. The topological polar surface area (TPSA) is 55.4 Å². The predicted octanol–water partition coefficient (Wildman–Crippen LogP) is 2.64. The highest BCUT2D eigenvalue weighted by molar-refractivity contribution is 5.96. The first-order valence-corrected chi connectivity index (χ1v) is 6.51. The third-order valence-electron chi connectivity index (χ3n) is 2.81. The lowest BCUT2D eigenvalue weighted by atomic mass is 10.1. The molecule has 0 aliphatic heterocycles. The van der Waals surface area contributed by atoms with Gasteiger partial charge in [0.25, 0.3) is 5.91 Å². The Morgan fingerprint density at radius 1 is 1.16 bits per heavy atom. The predicted molar refractivity (Wildman–Crippen MR) is 74.2 cm³/mol. The lowest BCUT2D eigenvalue weighted by Gasteiger charge is -2.07. The molecule has 19 heavy (non-hydrogen) atoms. The second kappa shape index (κ2) is 7.56. The van der Waals surface area contributed by atoms with Gasteiger partial charge in [0.15, 0.2) is 0 Å². The summed E-state index contributed by atoms with van der Waals surface area (Å²) in [6.07, 6.45) is 2.07. The van der Waals surface area contributed by atoms with Gasteiger partial charge in [-0.2, -0.15) is 0 Å². The molecule has 0 spiro atoms. The molecule has 0 heterocycles. The maximum absolute atomic E-state index is 11.8. The van der Waals surface area contributed by atoms with Crippen LogP contribution in [0.4, 0.5) is 0 Å². The number of amides is 1. The lowest BCUT2D eigenvalue weighted by molar-refractivity contribution is 0.0600. The molecule has 0 radical (unpaired) electrons. The summed E-state index contributed by atoms with van der Waals surface area (Å²) in [5.74, 6) is 0.139. The number of rotatable bonds is 6. The second-order valence-electron chi connectivity index (χ2n) is 4.86. The molecule has 0 bridgehead atoms. The number of hydrogen-bond acceptors (Lipinski definition) is 3. The molecule has 1 amide bonds. The van der Waals surface area contributed by atoms with Gasteiger partial charge in [-0.25, -0.2) is 4.79 Å². The van der Waals surface area contributed by atoms with Gasteiger partial charge < -0.3 is 10.1 Å². The van der Waals surface area contributed by atoms with Crippen molar-refractivity contribution in [2.75, 3.05) is 13.7 Å². The zero-order chi connectivity index (χ0) is 14.3. The molecule has 4 nitrogen and oxygen atoms in total. The van der Waals surface area contributed by atoms with Crippen LogP contribution in [0.5, 0.6) is 0 Å². The van der Waals surface area contributed by atoms with Gasteiger partial charge in [-0.05, 0) is 43.0 Å². The summed E-state index contributed by atoms with van der Waals surface area (Å²) < 4.78 is 4.60. The number of carbonyl (C=O) groups excluding carboxylic acids is 2. The van der Waals surface area contributed by atoms with Crippen LogP contribution < -0.4 is 5.32 Å². The fourth-order valence-corrected chi connectivity index (χ4v) is 1.69. The van der Waals surface area contributed by atoms with Gasteiger partial charge in [-0.1, -0.05) is 13.8 Å². The summed E-state index contributed by atoms with van der Waals surface area (Å²) in [4.78, 5) is 23.1. The maximum atomic E-state index is 11.8. The number of ether oxygens (including phenoxy) is 1. The SMILES string of the molecule is COC(=O)c1ccc(C(=O)NCCCC(C)C)cc1. The van der Waals surface area contributed by atoms with E-state index < -0.39 is 5.97 Å². The van der Waals surface area contributed by atoms with E-state index in [-0.39, 0.29) is 5.91 Å². The van der Waals surface area contributed by atoms with Crippen LogP contribution in [0.2, 0.25) is 0 Å². The van der Waals surface area contributed by atoms with E-state index in [4.69, 9.17) is 0 Å². The quantitative estimate of drug-likeness (QED) is 0.634. The summed E-state index contributed by atoms with van der Waals surface area (Å²) in [7, 11) is 1.33. The molecule has 4 heteroatoms. The average molecular weight is 263 g/mol. The minimum absolute atomic E-state index is 0.111. The smallest absolute Gasteiger partial charge is 0.337 e. The number of methoxy groups -OCH3 is 1. The highest BCUT2D eigenvalue weighted by atomic mass is 16.5. The Morgan fingerprint density at radius 3 is 2.26 bits per heavy atom. The van der Waals surface area contributed by atoms with Gasteiger partial charge in [0.05, 0.1) is 12.7 Å². The average Bonchev–Trinajstić information content (AvgIpc) is 2.42. The van der Waals surface area contributed by atoms with Crippen molar-refractivity contribution >= 4 is 11.9 Å². The van der Waals surface area contributed by atoms with Crippen molar-refractivity contribution in [2.45, 2.75) is 26.7 Å². The Balaban J connectivity index is 2.47. The van der Waals surface area contributed by atoms with Gasteiger partial charge in [0.2, 0.25) is 0 Å². The summed E-state index contributed by atoms with van der Waals surface area (Å²) in [6.45, 7) is 5.00. The van der Waals surface area contributed by atoms with E-state index in [0.717, 1.165) is 12.8 Å². The first kappa shape index (κ1) is 15.2. The Labute approximate surface area is 114 Å². The highest BCUT2D eigenvalue weighted by Crippen LogP contribution is 2.06. The van der Waals surface area contributed by atoms with Crippen molar-refractivity contribution in [3.05, 3.63) is 35.4 Å². The molecule has 0 aliphatic carbocycles. The fraction of sp³-hybridized carbons (Fsp3) is 0.467. The van der Waals surface area contributed by atoms with Crippen molar-refractivity contribution in [2.24, 2.45) is 5.92 Å². The molecule has 1 aromatic rings. The van der Waals surface area contributed by atoms with Crippen molar-refractivity contribution in [1.82, 2.24) is 5.32 Å². The summed E-state index contributed by atoms with van der Waals surface area (Å²) in [5.41, 5.74) is 0.996. The van der Waals surface area contributed by atoms with Crippen LogP contribution in [0.15, 0.2) is 24.3 Å². The number of esters is 1. The van der Waals surface area contributed by atoms with Crippen LogP contribution in [-0.2, 0) is 4.74 Å². The Hall–Kier alpha value is -1.84. The number of benzene rings is 1. The van der Waals surface area contributed by atoms with Gasteiger partial charge in [0, 0.05) is 12.1 Å². The molecule has 0 saturated heterocycles. The molecular formula is C15H21NO3. The first-order valence-electron chi connectivity index (χ1n) is 6.51. The first-order chi connectivity index (χ1) is 9.04. The molecule has 0 fully saturated rings. The molecule has 1 rings (SSSR count). The molecule has 0 atom stereocenters. The zero-order valence-corrected chi connectivity index (χ0v) is 11.7. The third kappa shape index (κ3) is 5.12. The van der Waals surface area contributed by atoms with E-state index >= 15 is 0 Å². The highest BCUT2D eigenvalue weighted by Gasteiger charge is 2.08. The molecule has 104 valence electrons. The fourth-order valence-electron chi connectivity index (χ4n) is 1.69. The minimum atomic E-state index is -0.399. The Kier molecular flexibility index (Phi) is 6.06. The van der Waals surface area contributed by atoms with E-state index in [1.807, 2.05) is 0 Å². The Bertz CT molecular complexity index is 424. The molecule has 1 N–H and O–H groups in total. The number of carbonyl (C=O) groups is 2. The maximum Gasteiger partial charge on any atom is 0.337 e. The van der Waals surface area contributed by atoms with E-state index in [2.05, 4.69) is 23.9 Å². The van der Waals surface area contributed by atoms with Gasteiger partial charge in [-0.15, -0.1) is 0 Å².